The number of rotatable bonds is 7. The summed E-state index contributed by atoms with van der Waals surface area (Å²) in [5.74, 6) is -1.66. The lowest BCUT2D eigenvalue weighted by atomic mass is 10.1. The van der Waals surface area contributed by atoms with E-state index >= 15 is 0 Å². The molecule has 13 heteroatoms. The Balaban J connectivity index is 1.69. The summed E-state index contributed by atoms with van der Waals surface area (Å²) < 4.78 is 75.1. The number of anilines is 1. The number of hydrogen-bond acceptors (Lipinski definition) is 6. The van der Waals surface area contributed by atoms with Gasteiger partial charge in [-0.2, -0.15) is 13.2 Å². The molecule has 2 aromatic carbocycles. The van der Waals surface area contributed by atoms with Gasteiger partial charge in [-0.3, -0.25) is 4.72 Å². The molecule has 1 aliphatic rings. The predicted molar refractivity (Wildman–Crippen MR) is 131 cm³/mol. The van der Waals surface area contributed by atoms with Crippen LogP contribution in [0.5, 0.6) is 5.75 Å². The van der Waals surface area contributed by atoms with E-state index in [-0.39, 0.29) is 25.4 Å². The van der Waals surface area contributed by atoms with Crippen molar-refractivity contribution in [1.82, 2.24) is 4.90 Å². The molecule has 1 aliphatic heterocycles. The Morgan fingerprint density at radius 2 is 1.97 bits per heavy atom. The lowest BCUT2D eigenvalue weighted by Crippen LogP contribution is -2.23. The minimum Gasteiger partial charge on any atom is -0.488 e. The van der Waals surface area contributed by atoms with Crippen molar-refractivity contribution in [2.45, 2.75) is 22.9 Å². The molecule has 1 saturated heterocycles. The Morgan fingerprint density at radius 1 is 1.22 bits per heavy atom. The summed E-state index contributed by atoms with van der Waals surface area (Å²) in [6.07, 6.45) is -4.62. The molecule has 1 fully saturated rings. The first kappa shape index (κ1) is 26.3. The van der Waals surface area contributed by atoms with Gasteiger partial charge in [0.1, 0.15) is 16.1 Å². The van der Waals surface area contributed by atoms with Crippen LogP contribution in [0.3, 0.4) is 0 Å². The van der Waals surface area contributed by atoms with E-state index in [1.807, 2.05) is 11.9 Å². The lowest BCUT2D eigenvalue weighted by molar-refractivity contribution is -0.139. The van der Waals surface area contributed by atoms with Crippen molar-refractivity contribution in [2.24, 2.45) is 0 Å². The van der Waals surface area contributed by atoms with Crippen LogP contribution >= 0.6 is 22.9 Å². The summed E-state index contributed by atoms with van der Waals surface area (Å²) in [5, 5.41) is 9.26. The standard InChI is InChI=1S/C23H20ClF3N2O5S2/c1-29-8-7-16(12-29)34-19-10-15(5-6-18(19)23(25,26)27)28-36(32,33)22-17(11-20(24)35-22)13-3-2-4-14(9-13)21(30)31/h2-6,9-11,16,28H,7-8,12H2,1H3,(H,30,31)/t16-/m1/s1. The molecule has 7 nitrogen and oxygen atoms in total. The van der Waals surface area contributed by atoms with Crippen molar-refractivity contribution in [2.75, 3.05) is 24.9 Å². The van der Waals surface area contributed by atoms with Crippen molar-refractivity contribution in [3.8, 4) is 16.9 Å². The van der Waals surface area contributed by atoms with Gasteiger partial charge in [0.15, 0.2) is 0 Å². The van der Waals surface area contributed by atoms with Crippen LogP contribution in [0.15, 0.2) is 52.7 Å². The zero-order valence-electron chi connectivity index (χ0n) is 18.7. The summed E-state index contributed by atoms with van der Waals surface area (Å²) >= 11 is 6.83. The van der Waals surface area contributed by atoms with Crippen molar-refractivity contribution in [1.29, 1.82) is 0 Å². The SMILES string of the molecule is CN1CC[C@@H](Oc2cc(NS(=O)(=O)c3sc(Cl)cc3-c3cccc(C(=O)O)c3)ccc2C(F)(F)F)C1. The highest BCUT2D eigenvalue weighted by Crippen LogP contribution is 2.41. The zero-order chi connectivity index (χ0) is 26.3. The van der Waals surface area contributed by atoms with E-state index in [1.165, 1.54) is 30.3 Å². The number of likely N-dealkylation sites (N-methyl/N-ethyl adjacent to an activating group) is 1. The second-order valence-corrected chi connectivity index (χ2v) is 11.8. The monoisotopic (exact) mass is 560 g/mol. The normalized spacial score (nSPS) is 16.8. The van der Waals surface area contributed by atoms with Crippen LogP contribution in [0.4, 0.5) is 18.9 Å². The predicted octanol–water partition coefficient (Wildman–Crippen LogP) is 5.67. The third-order valence-corrected chi connectivity index (χ3v) is 8.69. The molecule has 192 valence electrons. The number of likely N-dealkylation sites (tertiary alicyclic amines) is 1. The molecule has 0 bridgehead atoms. The van der Waals surface area contributed by atoms with Crippen LogP contribution < -0.4 is 9.46 Å². The summed E-state index contributed by atoms with van der Waals surface area (Å²) in [6, 6.07) is 9.85. The highest BCUT2D eigenvalue weighted by atomic mass is 35.5. The number of ether oxygens (including phenoxy) is 1. The summed E-state index contributed by atoms with van der Waals surface area (Å²) in [4.78, 5) is 13.3. The van der Waals surface area contributed by atoms with Gasteiger partial charge >= 0.3 is 12.1 Å². The van der Waals surface area contributed by atoms with Gasteiger partial charge in [-0.05, 0) is 49.4 Å². The van der Waals surface area contributed by atoms with Gasteiger partial charge in [-0.25, -0.2) is 13.2 Å². The van der Waals surface area contributed by atoms with Crippen LogP contribution in [-0.2, 0) is 16.2 Å². The maximum absolute atomic E-state index is 13.6. The molecule has 3 aromatic rings. The molecule has 4 rings (SSSR count). The fourth-order valence-corrected chi connectivity index (χ4v) is 6.80. The molecular weight excluding hydrogens is 541 g/mol. The largest absolute Gasteiger partial charge is 0.488 e. The Kier molecular flexibility index (Phi) is 7.24. The number of carbonyl (C=O) groups is 1. The highest BCUT2D eigenvalue weighted by molar-refractivity contribution is 7.94. The van der Waals surface area contributed by atoms with Gasteiger partial charge in [0.25, 0.3) is 10.0 Å². The second-order valence-electron chi connectivity index (χ2n) is 8.24. The van der Waals surface area contributed by atoms with E-state index < -0.39 is 39.6 Å². The molecule has 36 heavy (non-hydrogen) atoms. The number of halogens is 4. The number of carboxylic acids is 1. The first-order valence-corrected chi connectivity index (χ1v) is 13.2. The van der Waals surface area contributed by atoms with Gasteiger partial charge in [0.05, 0.1) is 21.2 Å². The molecule has 0 spiro atoms. The first-order valence-electron chi connectivity index (χ1n) is 10.6. The average molecular weight is 561 g/mol. The zero-order valence-corrected chi connectivity index (χ0v) is 21.1. The maximum Gasteiger partial charge on any atom is 0.419 e. The highest BCUT2D eigenvalue weighted by Gasteiger charge is 2.36. The number of sulfonamides is 1. The maximum atomic E-state index is 13.6. The fourth-order valence-electron chi connectivity index (χ4n) is 3.86. The second kappa shape index (κ2) is 9.92. The molecule has 2 N–H and O–H groups in total. The minimum absolute atomic E-state index is 0.0479. The van der Waals surface area contributed by atoms with Gasteiger partial charge in [-0.1, -0.05) is 23.7 Å². The molecule has 0 saturated carbocycles. The Hall–Kier alpha value is -2.80. The molecule has 1 aromatic heterocycles. The van der Waals surface area contributed by atoms with E-state index in [4.69, 9.17) is 16.3 Å². The molecule has 0 amide bonds. The number of aromatic carboxylic acids is 1. The van der Waals surface area contributed by atoms with Crippen LogP contribution in [0.1, 0.15) is 22.3 Å². The van der Waals surface area contributed by atoms with Crippen LogP contribution in [0.25, 0.3) is 11.1 Å². The topological polar surface area (TPSA) is 95.9 Å². The molecule has 1 atom stereocenters. The number of benzene rings is 2. The fraction of sp³-hybridized carbons (Fsp3) is 0.261. The van der Waals surface area contributed by atoms with Crippen molar-refractivity contribution in [3.63, 3.8) is 0 Å². The smallest absolute Gasteiger partial charge is 0.419 e. The van der Waals surface area contributed by atoms with Crippen molar-refractivity contribution >= 4 is 44.6 Å². The molecular formula is C23H20ClF3N2O5S2. The van der Waals surface area contributed by atoms with E-state index in [0.717, 1.165) is 29.5 Å². The molecule has 0 unspecified atom stereocenters. The number of thiophene rings is 1. The van der Waals surface area contributed by atoms with Gasteiger partial charge in [0.2, 0.25) is 0 Å². The van der Waals surface area contributed by atoms with E-state index in [0.29, 0.717) is 25.1 Å². The molecule has 0 aliphatic carbocycles. The van der Waals surface area contributed by atoms with Crippen molar-refractivity contribution < 1.29 is 36.2 Å². The van der Waals surface area contributed by atoms with Crippen LogP contribution in [0, 0.1) is 0 Å². The summed E-state index contributed by atoms with van der Waals surface area (Å²) in [5.41, 5.74) is -0.712. The number of alkyl halides is 3. The molecule has 2 heterocycles. The quantitative estimate of drug-likeness (QED) is 0.387. The molecule has 0 radical (unpaired) electrons. The van der Waals surface area contributed by atoms with Gasteiger partial charge in [-0.15, -0.1) is 11.3 Å². The minimum atomic E-state index is -4.69. The summed E-state index contributed by atoms with van der Waals surface area (Å²) in [6.45, 7) is 1.11. The number of carboxylic acid groups (broad SMARTS) is 1. The van der Waals surface area contributed by atoms with Gasteiger partial charge < -0.3 is 14.7 Å². The van der Waals surface area contributed by atoms with E-state index in [2.05, 4.69) is 4.72 Å². The Morgan fingerprint density at radius 3 is 2.61 bits per heavy atom. The van der Waals surface area contributed by atoms with Gasteiger partial charge in [0, 0.05) is 24.7 Å². The van der Waals surface area contributed by atoms with E-state index in [1.54, 1.807) is 0 Å². The lowest BCUT2D eigenvalue weighted by Gasteiger charge is -2.19. The average Bonchev–Trinajstić information content (AvgIpc) is 3.38. The Labute approximate surface area is 214 Å². The van der Waals surface area contributed by atoms with E-state index in [9.17, 15) is 31.5 Å². The number of hydrogen-bond donors (Lipinski definition) is 2. The third kappa shape index (κ3) is 5.77. The number of nitrogens with one attached hydrogen (secondary N) is 1. The van der Waals surface area contributed by atoms with Crippen molar-refractivity contribution in [3.05, 3.63) is 64.0 Å². The third-order valence-electron chi connectivity index (χ3n) is 5.51. The summed E-state index contributed by atoms with van der Waals surface area (Å²) in [7, 11) is -2.49. The van der Waals surface area contributed by atoms with Crippen LogP contribution in [0.2, 0.25) is 4.34 Å². The van der Waals surface area contributed by atoms with Crippen LogP contribution in [-0.4, -0.2) is 50.6 Å². The Bertz CT molecular complexity index is 1410. The first-order chi connectivity index (χ1) is 16.8. The number of nitrogens with zero attached hydrogens (tertiary/aromatic N) is 1.